The van der Waals surface area contributed by atoms with E-state index in [4.69, 9.17) is 10.2 Å². The smallest absolute Gasteiger partial charge is 0.263 e. The predicted molar refractivity (Wildman–Crippen MR) is 48.4 cm³/mol. The summed E-state index contributed by atoms with van der Waals surface area (Å²) < 4.78 is 18.0. The number of Topliss-reactive ketones (excluding diaryl/α,β-unsaturated/α-hetero) is 1. The molecular weight excluding hydrogens is 187 g/mol. The first-order valence-electron chi connectivity index (χ1n) is 3.94. The Kier molecular flexibility index (Phi) is 1.73. The van der Waals surface area contributed by atoms with Gasteiger partial charge in [0.1, 0.15) is 11.3 Å². The summed E-state index contributed by atoms with van der Waals surface area (Å²) in [6.07, 6.45) is 0. The SMILES string of the molecule is CC(=O)c1nc2cc(F)c(N)cc2o1. The van der Waals surface area contributed by atoms with Gasteiger partial charge in [-0.3, -0.25) is 4.79 Å². The molecule has 2 aromatic rings. The number of anilines is 1. The maximum Gasteiger partial charge on any atom is 0.263 e. The lowest BCUT2D eigenvalue weighted by molar-refractivity contribution is 0.0983. The van der Waals surface area contributed by atoms with Crippen molar-refractivity contribution in [2.75, 3.05) is 5.73 Å². The van der Waals surface area contributed by atoms with E-state index in [2.05, 4.69) is 4.98 Å². The standard InChI is InChI=1S/C9H7FN2O2/c1-4(13)9-12-7-2-5(10)6(11)3-8(7)14-9/h2-3H,11H2,1H3. The molecule has 0 aliphatic carbocycles. The molecule has 1 aromatic carbocycles. The van der Waals surface area contributed by atoms with Crippen LogP contribution in [0.4, 0.5) is 10.1 Å². The van der Waals surface area contributed by atoms with E-state index in [0.29, 0.717) is 11.1 Å². The Bertz CT molecular complexity index is 480. The molecule has 0 aliphatic heterocycles. The quantitative estimate of drug-likeness (QED) is 0.554. The van der Waals surface area contributed by atoms with Crippen LogP contribution in [-0.2, 0) is 0 Å². The first-order valence-corrected chi connectivity index (χ1v) is 3.94. The average Bonchev–Trinajstić information content (AvgIpc) is 2.48. The van der Waals surface area contributed by atoms with Crippen LogP contribution in [0.3, 0.4) is 0 Å². The van der Waals surface area contributed by atoms with Gasteiger partial charge in [-0.25, -0.2) is 9.37 Å². The minimum atomic E-state index is -0.569. The molecule has 0 bridgehead atoms. The molecule has 0 saturated carbocycles. The Balaban J connectivity index is 2.72. The second-order valence-corrected chi connectivity index (χ2v) is 2.92. The number of benzene rings is 1. The number of hydrogen-bond donors (Lipinski definition) is 1. The lowest BCUT2D eigenvalue weighted by Gasteiger charge is -1.92. The number of halogens is 1. The van der Waals surface area contributed by atoms with Gasteiger partial charge in [-0.1, -0.05) is 0 Å². The maximum absolute atomic E-state index is 13.0. The molecule has 2 N–H and O–H groups in total. The Hall–Kier alpha value is -1.91. The third-order valence-electron chi connectivity index (χ3n) is 1.81. The highest BCUT2D eigenvalue weighted by Crippen LogP contribution is 2.21. The van der Waals surface area contributed by atoms with Crippen molar-refractivity contribution in [1.82, 2.24) is 4.98 Å². The number of carbonyl (C=O) groups excluding carboxylic acids is 1. The van der Waals surface area contributed by atoms with E-state index in [1.165, 1.54) is 13.0 Å². The molecule has 0 saturated heterocycles. The van der Waals surface area contributed by atoms with Crippen molar-refractivity contribution in [3.63, 3.8) is 0 Å². The summed E-state index contributed by atoms with van der Waals surface area (Å²) in [5, 5.41) is 0. The first-order chi connectivity index (χ1) is 6.58. The minimum Gasteiger partial charge on any atom is -0.434 e. The fraction of sp³-hybridized carbons (Fsp3) is 0.111. The van der Waals surface area contributed by atoms with Crippen LogP contribution in [0.5, 0.6) is 0 Å². The number of fused-ring (bicyclic) bond motifs is 1. The van der Waals surface area contributed by atoms with Crippen LogP contribution in [0.2, 0.25) is 0 Å². The summed E-state index contributed by atoms with van der Waals surface area (Å²) >= 11 is 0. The van der Waals surface area contributed by atoms with E-state index in [1.54, 1.807) is 0 Å². The Labute approximate surface area is 78.5 Å². The average molecular weight is 194 g/mol. The Morgan fingerprint density at radius 3 is 2.93 bits per heavy atom. The van der Waals surface area contributed by atoms with Gasteiger partial charge in [0.2, 0.25) is 5.78 Å². The van der Waals surface area contributed by atoms with Crippen LogP contribution in [0.25, 0.3) is 11.1 Å². The third kappa shape index (κ3) is 1.22. The zero-order valence-corrected chi connectivity index (χ0v) is 7.37. The van der Waals surface area contributed by atoms with Gasteiger partial charge in [0.05, 0.1) is 5.69 Å². The summed E-state index contributed by atoms with van der Waals surface area (Å²) in [4.78, 5) is 14.7. The summed E-state index contributed by atoms with van der Waals surface area (Å²) in [6, 6.07) is 2.45. The monoisotopic (exact) mass is 194 g/mol. The number of nitrogen functional groups attached to an aromatic ring is 1. The lowest BCUT2D eigenvalue weighted by atomic mass is 10.3. The molecule has 5 heteroatoms. The van der Waals surface area contributed by atoms with E-state index < -0.39 is 5.82 Å². The van der Waals surface area contributed by atoms with Gasteiger partial charge in [-0.2, -0.15) is 0 Å². The van der Waals surface area contributed by atoms with E-state index in [1.807, 2.05) is 0 Å². The summed E-state index contributed by atoms with van der Waals surface area (Å²) in [7, 11) is 0. The highest BCUT2D eigenvalue weighted by Gasteiger charge is 2.11. The highest BCUT2D eigenvalue weighted by atomic mass is 19.1. The van der Waals surface area contributed by atoms with Crippen LogP contribution < -0.4 is 5.73 Å². The van der Waals surface area contributed by atoms with Crippen molar-refractivity contribution >= 4 is 22.6 Å². The summed E-state index contributed by atoms with van der Waals surface area (Å²) in [6.45, 7) is 1.32. The molecule has 0 radical (unpaired) electrons. The van der Waals surface area contributed by atoms with Crippen molar-refractivity contribution in [3.05, 3.63) is 23.8 Å². The summed E-state index contributed by atoms with van der Waals surface area (Å²) in [5.41, 5.74) is 5.91. The second-order valence-electron chi connectivity index (χ2n) is 2.92. The van der Waals surface area contributed by atoms with E-state index in [0.717, 1.165) is 6.07 Å². The van der Waals surface area contributed by atoms with E-state index in [-0.39, 0.29) is 17.4 Å². The van der Waals surface area contributed by atoms with Crippen molar-refractivity contribution in [2.45, 2.75) is 6.92 Å². The minimum absolute atomic E-state index is 0.0243. The normalized spacial score (nSPS) is 10.7. The number of carbonyl (C=O) groups is 1. The van der Waals surface area contributed by atoms with Crippen molar-refractivity contribution in [1.29, 1.82) is 0 Å². The molecule has 72 valence electrons. The lowest BCUT2D eigenvalue weighted by Crippen LogP contribution is -1.90. The topological polar surface area (TPSA) is 69.1 Å². The molecule has 0 fully saturated rings. The van der Waals surface area contributed by atoms with E-state index >= 15 is 0 Å². The molecule has 0 unspecified atom stereocenters. The molecule has 0 spiro atoms. The van der Waals surface area contributed by atoms with Gasteiger partial charge < -0.3 is 10.2 Å². The van der Waals surface area contributed by atoms with Crippen molar-refractivity contribution in [3.8, 4) is 0 Å². The number of hydrogen-bond acceptors (Lipinski definition) is 4. The van der Waals surface area contributed by atoms with Gasteiger partial charge in [-0.15, -0.1) is 0 Å². The third-order valence-corrected chi connectivity index (χ3v) is 1.81. The Morgan fingerprint density at radius 2 is 2.29 bits per heavy atom. The highest BCUT2D eigenvalue weighted by molar-refractivity contribution is 5.92. The molecule has 14 heavy (non-hydrogen) atoms. The number of nitrogens with two attached hydrogens (primary N) is 1. The second kappa shape index (κ2) is 2.80. The molecule has 1 heterocycles. The molecule has 0 aliphatic rings. The van der Waals surface area contributed by atoms with Crippen LogP contribution in [0, 0.1) is 5.82 Å². The number of rotatable bonds is 1. The van der Waals surface area contributed by atoms with E-state index in [9.17, 15) is 9.18 Å². The fourth-order valence-corrected chi connectivity index (χ4v) is 1.11. The van der Waals surface area contributed by atoms with Crippen LogP contribution in [0.1, 0.15) is 17.6 Å². The molecule has 1 aromatic heterocycles. The maximum atomic E-state index is 13.0. The molecule has 0 amide bonds. The number of oxazole rings is 1. The van der Waals surface area contributed by atoms with Crippen molar-refractivity contribution < 1.29 is 13.6 Å². The number of aromatic nitrogens is 1. The van der Waals surface area contributed by atoms with Gasteiger partial charge in [-0.05, 0) is 0 Å². The fourth-order valence-electron chi connectivity index (χ4n) is 1.11. The van der Waals surface area contributed by atoms with Crippen LogP contribution >= 0.6 is 0 Å². The van der Waals surface area contributed by atoms with Gasteiger partial charge in [0.15, 0.2) is 5.58 Å². The van der Waals surface area contributed by atoms with Gasteiger partial charge in [0, 0.05) is 19.1 Å². The van der Waals surface area contributed by atoms with Crippen molar-refractivity contribution in [2.24, 2.45) is 0 Å². The zero-order chi connectivity index (χ0) is 10.3. The first kappa shape index (κ1) is 8.68. The number of nitrogens with zero attached hydrogens (tertiary/aromatic N) is 1. The molecule has 2 rings (SSSR count). The predicted octanol–water partition coefficient (Wildman–Crippen LogP) is 1.75. The van der Waals surface area contributed by atoms with Crippen LogP contribution in [0.15, 0.2) is 16.5 Å². The van der Waals surface area contributed by atoms with Gasteiger partial charge >= 0.3 is 0 Å². The Morgan fingerprint density at radius 1 is 1.57 bits per heavy atom. The number of ketones is 1. The van der Waals surface area contributed by atoms with Crippen LogP contribution in [-0.4, -0.2) is 10.8 Å². The molecule has 4 nitrogen and oxygen atoms in total. The molecular formula is C9H7FN2O2. The molecule has 0 atom stereocenters. The largest absolute Gasteiger partial charge is 0.434 e. The zero-order valence-electron chi connectivity index (χ0n) is 7.37. The summed E-state index contributed by atoms with van der Waals surface area (Å²) in [5.74, 6) is -0.911. The van der Waals surface area contributed by atoms with Gasteiger partial charge in [0.25, 0.3) is 5.89 Å².